The SMILES string of the molecule is CNC1(C)CCCN(C)c2c(OC)cc(OC)cc21. The second-order valence-corrected chi connectivity index (χ2v) is 5.33. The fourth-order valence-corrected chi connectivity index (χ4v) is 2.85. The predicted octanol–water partition coefficient (Wildman–Crippen LogP) is 2.37. The van der Waals surface area contributed by atoms with Crippen LogP contribution in [0.4, 0.5) is 5.69 Å². The van der Waals surface area contributed by atoms with E-state index < -0.39 is 0 Å². The zero-order valence-electron chi connectivity index (χ0n) is 12.5. The molecule has 1 atom stereocenters. The van der Waals surface area contributed by atoms with Crippen molar-refractivity contribution in [3.63, 3.8) is 0 Å². The van der Waals surface area contributed by atoms with Gasteiger partial charge in [-0.05, 0) is 32.9 Å². The molecule has 0 aromatic heterocycles. The Balaban J connectivity index is 2.68. The van der Waals surface area contributed by atoms with Crippen molar-refractivity contribution in [2.24, 2.45) is 0 Å². The molecule has 0 radical (unpaired) electrons. The highest BCUT2D eigenvalue weighted by Gasteiger charge is 2.33. The van der Waals surface area contributed by atoms with Crippen molar-refractivity contribution in [3.8, 4) is 11.5 Å². The Morgan fingerprint density at radius 3 is 2.58 bits per heavy atom. The van der Waals surface area contributed by atoms with Crippen LogP contribution in [0.2, 0.25) is 0 Å². The van der Waals surface area contributed by atoms with Crippen molar-refractivity contribution < 1.29 is 9.47 Å². The standard InChI is InChI=1S/C15H24N2O2/c1-15(16-2)7-6-8-17(3)14-12(15)9-11(18-4)10-13(14)19-5/h9-10,16H,6-8H2,1-5H3. The molecule has 0 aliphatic carbocycles. The highest BCUT2D eigenvalue weighted by molar-refractivity contribution is 5.68. The molecule has 1 aliphatic heterocycles. The van der Waals surface area contributed by atoms with Crippen LogP contribution in [0.5, 0.6) is 11.5 Å². The molecule has 2 rings (SSSR count). The summed E-state index contributed by atoms with van der Waals surface area (Å²) in [6.45, 7) is 3.27. The van der Waals surface area contributed by atoms with Crippen LogP contribution in [0.25, 0.3) is 0 Å². The summed E-state index contributed by atoms with van der Waals surface area (Å²) in [6.07, 6.45) is 2.24. The highest BCUT2D eigenvalue weighted by Crippen LogP contribution is 2.44. The van der Waals surface area contributed by atoms with Gasteiger partial charge in [-0.15, -0.1) is 0 Å². The van der Waals surface area contributed by atoms with Crippen LogP contribution in [0.15, 0.2) is 12.1 Å². The molecule has 4 nitrogen and oxygen atoms in total. The van der Waals surface area contributed by atoms with E-state index in [0.29, 0.717) is 0 Å². The number of nitrogens with zero attached hydrogens (tertiary/aromatic N) is 1. The van der Waals surface area contributed by atoms with E-state index in [2.05, 4.69) is 30.3 Å². The number of hydrogen-bond acceptors (Lipinski definition) is 4. The van der Waals surface area contributed by atoms with Crippen LogP contribution in [-0.4, -0.2) is 34.9 Å². The molecule has 1 N–H and O–H groups in total. The summed E-state index contributed by atoms with van der Waals surface area (Å²) >= 11 is 0. The molecular weight excluding hydrogens is 240 g/mol. The summed E-state index contributed by atoms with van der Waals surface area (Å²) in [7, 11) is 7.54. The fourth-order valence-electron chi connectivity index (χ4n) is 2.85. The van der Waals surface area contributed by atoms with Crippen LogP contribution in [-0.2, 0) is 5.54 Å². The third kappa shape index (κ3) is 2.37. The smallest absolute Gasteiger partial charge is 0.146 e. The van der Waals surface area contributed by atoms with E-state index in [4.69, 9.17) is 9.47 Å². The van der Waals surface area contributed by atoms with Gasteiger partial charge in [0.1, 0.15) is 11.5 Å². The number of rotatable bonds is 3. The molecule has 0 saturated heterocycles. The maximum absolute atomic E-state index is 5.57. The number of benzene rings is 1. The summed E-state index contributed by atoms with van der Waals surface area (Å²) in [4.78, 5) is 2.27. The van der Waals surface area contributed by atoms with Crippen LogP contribution in [0.3, 0.4) is 0 Å². The Kier molecular flexibility index (Phi) is 3.90. The molecule has 106 valence electrons. The fraction of sp³-hybridized carbons (Fsp3) is 0.600. The molecular formula is C15H24N2O2. The van der Waals surface area contributed by atoms with E-state index in [1.54, 1.807) is 14.2 Å². The maximum atomic E-state index is 5.57. The van der Waals surface area contributed by atoms with Gasteiger partial charge in [-0.2, -0.15) is 0 Å². The normalized spacial score (nSPS) is 22.7. The van der Waals surface area contributed by atoms with E-state index >= 15 is 0 Å². The lowest BCUT2D eigenvalue weighted by molar-refractivity contribution is 0.360. The van der Waals surface area contributed by atoms with Gasteiger partial charge in [-0.3, -0.25) is 0 Å². The van der Waals surface area contributed by atoms with Crippen molar-refractivity contribution in [2.75, 3.05) is 39.8 Å². The number of hydrogen-bond donors (Lipinski definition) is 1. The van der Waals surface area contributed by atoms with Gasteiger partial charge < -0.3 is 19.7 Å². The third-order valence-corrected chi connectivity index (χ3v) is 4.20. The summed E-state index contributed by atoms with van der Waals surface area (Å²) < 4.78 is 11.0. The summed E-state index contributed by atoms with van der Waals surface area (Å²) in [5, 5.41) is 3.46. The molecule has 1 unspecified atom stereocenters. The zero-order chi connectivity index (χ0) is 14.0. The molecule has 1 heterocycles. The minimum absolute atomic E-state index is 0.0537. The zero-order valence-corrected chi connectivity index (χ0v) is 12.5. The Labute approximate surface area is 115 Å². The number of anilines is 1. The molecule has 1 aliphatic rings. The first-order chi connectivity index (χ1) is 9.05. The Hall–Kier alpha value is -1.42. The van der Waals surface area contributed by atoms with Crippen LogP contribution >= 0.6 is 0 Å². The molecule has 0 bridgehead atoms. The number of fused-ring (bicyclic) bond motifs is 1. The number of ether oxygens (including phenoxy) is 2. The largest absolute Gasteiger partial charge is 0.497 e. The molecule has 0 spiro atoms. The van der Waals surface area contributed by atoms with Gasteiger partial charge in [0, 0.05) is 30.8 Å². The van der Waals surface area contributed by atoms with Crippen LogP contribution in [0.1, 0.15) is 25.3 Å². The van der Waals surface area contributed by atoms with E-state index in [9.17, 15) is 0 Å². The maximum Gasteiger partial charge on any atom is 0.146 e. The highest BCUT2D eigenvalue weighted by atomic mass is 16.5. The van der Waals surface area contributed by atoms with Gasteiger partial charge in [0.05, 0.1) is 19.9 Å². The van der Waals surface area contributed by atoms with E-state index in [1.165, 1.54) is 5.56 Å². The third-order valence-electron chi connectivity index (χ3n) is 4.20. The van der Waals surface area contributed by atoms with Crippen molar-refractivity contribution in [1.82, 2.24) is 5.32 Å². The predicted molar refractivity (Wildman–Crippen MR) is 78.5 cm³/mol. The van der Waals surface area contributed by atoms with E-state index in [0.717, 1.165) is 36.6 Å². The van der Waals surface area contributed by atoms with Gasteiger partial charge in [0.25, 0.3) is 0 Å². The molecule has 1 aromatic carbocycles. The second-order valence-electron chi connectivity index (χ2n) is 5.33. The molecule has 19 heavy (non-hydrogen) atoms. The van der Waals surface area contributed by atoms with Crippen LogP contribution in [0, 0.1) is 0 Å². The summed E-state index contributed by atoms with van der Waals surface area (Å²) in [5.74, 6) is 1.72. The summed E-state index contributed by atoms with van der Waals surface area (Å²) in [6, 6.07) is 4.08. The Morgan fingerprint density at radius 2 is 2.00 bits per heavy atom. The van der Waals surface area contributed by atoms with Crippen LogP contribution < -0.4 is 19.7 Å². The van der Waals surface area contributed by atoms with Crippen molar-refractivity contribution in [1.29, 1.82) is 0 Å². The molecule has 0 saturated carbocycles. The first-order valence-corrected chi connectivity index (χ1v) is 6.72. The lowest BCUT2D eigenvalue weighted by Crippen LogP contribution is -2.36. The van der Waals surface area contributed by atoms with E-state index in [1.807, 2.05) is 13.1 Å². The average Bonchev–Trinajstić information content (AvgIpc) is 2.56. The lowest BCUT2D eigenvalue weighted by Gasteiger charge is -2.32. The number of methoxy groups -OCH3 is 2. The quantitative estimate of drug-likeness (QED) is 0.909. The van der Waals surface area contributed by atoms with Gasteiger partial charge in [0.15, 0.2) is 0 Å². The lowest BCUT2D eigenvalue weighted by atomic mass is 9.87. The first kappa shape index (κ1) is 14.0. The monoisotopic (exact) mass is 264 g/mol. The first-order valence-electron chi connectivity index (χ1n) is 6.72. The Morgan fingerprint density at radius 1 is 1.26 bits per heavy atom. The van der Waals surface area contributed by atoms with Gasteiger partial charge >= 0.3 is 0 Å². The van der Waals surface area contributed by atoms with Gasteiger partial charge in [-0.1, -0.05) is 0 Å². The average molecular weight is 264 g/mol. The second kappa shape index (κ2) is 5.29. The molecule has 0 amide bonds. The van der Waals surface area contributed by atoms with Crippen molar-refractivity contribution >= 4 is 5.69 Å². The van der Waals surface area contributed by atoms with Crippen molar-refractivity contribution in [3.05, 3.63) is 17.7 Å². The summed E-state index contributed by atoms with van der Waals surface area (Å²) in [5.41, 5.74) is 2.35. The van der Waals surface area contributed by atoms with Crippen molar-refractivity contribution in [2.45, 2.75) is 25.3 Å². The molecule has 0 fully saturated rings. The van der Waals surface area contributed by atoms with Gasteiger partial charge in [-0.25, -0.2) is 0 Å². The minimum atomic E-state index is -0.0537. The molecule has 4 heteroatoms. The number of nitrogens with one attached hydrogen (secondary N) is 1. The van der Waals surface area contributed by atoms with Gasteiger partial charge in [0.2, 0.25) is 0 Å². The minimum Gasteiger partial charge on any atom is -0.497 e. The topological polar surface area (TPSA) is 33.7 Å². The van der Waals surface area contributed by atoms with E-state index in [-0.39, 0.29) is 5.54 Å². The Bertz CT molecular complexity index is 462. The molecule has 1 aromatic rings.